The summed E-state index contributed by atoms with van der Waals surface area (Å²) in [5, 5.41) is 10.1. The molecule has 3 fully saturated rings. The van der Waals surface area contributed by atoms with E-state index >= 15 is 0 Å². The van der Waals surface area contributed by atoms with E-state index in [0.717, 1.165) is 54.6 Å². The molecule has 4 aliphatic heterocycles. The lowest BCUT2D eigenvalue weighted by atomic mass is 9.69. The maximum atomic E-state index is 14.3. The van der Waals surface area contributed by atoms with Gasteiger partial charge in [0, 0.05) is 36.2 Å². The summed E-state index contributed by atoms with van der Waals surface area (Å²) in [7, 11) is 0. The van der Waals surface area contributed by atoms with Crippen molar-refractivity contribution in [2.24, 2.45) is 0 Å². The third-order valence-electron chi connectivity index (χ3n) is 9.71. The molecule has 10 heteroatoms. The molecule has 1 aliphatic carbocycles. The van der Waals surface area contributed by atoms with Crippen molar-refractivity contribution in [2.75, 3.05) is 43.4 Å². The lowest BCUT2D eigenvalue weighted by Crippen LogP contribution is -2.50. The molecule has 3 saturated heterocycles. The van der Waals surface area contributed by atoms with E-state index in [9.17, 15) is 14.0 Å². The van der Waals surface area contributed by atoms with Gasteiger partial charge in [0.1, 0.15) is 36.4 Å². The van der Waals surface area contributed by atoms with Gasteiger partial charge in [0.25, 0.3) is 0 Å². The summed E-state index contributed by atoms with van der Waals surface area (Å²) in [5.41, 5.74) is 9.73. The molecule has 0 radical (unpaired) electrons. The van der Waals surface area contributed by atoms with E-state index in [1.54, 1.807) is 0 Å². The fraction of sp³-hybridized carbons (Fsp3) is 0.621. The summed E-state index contributed by atoms with van der Waals surface area (Å²) < 4.78 is 41.1. The zero-order valence-electron chi connectivity index (χ0n) is 22.3. The number of anilines is 2. The van der Waals surface area contributed by atoms with Crippen molar-refractivity contribution in [1.82, 2.24) is 14.9 Å². The molecule has 1 spiro atoms. The molecule has 1 aromatic heterocycles. The molecular weight excluding hydrogens is 502 g/mol. The second kappa shape index (κ2) is 9.00. The number of aromatic nitrogens is 2. The molecule has 2 N–H and O–H groups in total. The predicted molar refractivity (Wildman–Crippen MR) is 141 cm³/mol. The Kier molecular flexibility index (Phi) is 5.76. The Morgan fingerprint density at radius 2 is 2.05 bits per heavy atom. The third-order valence-corrected chi connectivity index (χ3v) is 9.71. The highest BCUT2D eigenvalue weighted by molar-refractivity contribution is 5.64. The summed E-state index contributed by atoms with van der Waals surface area (Å²) in [6.45, 7) is 4.62. The van der Waals surface area contributed by atoms with Gasteiger partial charge in [-0.1, -0.05) is 13.0 Å². The average Bonchev–Trinajstić information content (AvgIpc) is 3.43. The van der Waals surface area contributed by atoms with Crippen molar-refractivity contribution in [3.05, 3.63) is 40.1 Å². The fourth-order valence-corrected chi connectivity index (χ4v) is 7.60. The van der Waals surface area contributed by atoms with Crippen molar-refractivity contribution >= 4 is 11.5 Å². The van der Waals surface area contributed by atoms with E-state index in [1.807, 2.05) is 17.0 Å². The SMILES string of the molecule is CC1CCC2(Cc3nc(OCC45CCCN4CC(F)C5)nc(N4CC(F)C4)c3CO2)c2c1ccc(N)c2C#N. The van der Waals surface area contributed by atoms with Crippen LogP contribution < -0.4 is 15.4 Å². The van der Waals surface area contributed by atoms with Gasteiger partial charge in [0.05, 0.1) is 36.5 Å². The number of nitrogen functional groups attached to an aromatic ring is 1. The minimum Gasteiger partial charge on any atom is -0.461 e. The second-order valence-corrected chi connectivity index (χ2v) is 12.1. The molecule has 0 saturated carbocycles. The van der Waals surface area contributed by atoms with Crippen LogP contribution >= 0.6 is 0 Å². The summed E-state index contributed by atoms with van der Waals surface area (Å²) in [6.07, 6.45) is 2.74. The first-order chi connectivity index (χ1) is 18.8. The molecule has 5 aliphatic rings. The lowest BCUT2D eigenvalue weighted by molar-refractivity contribution is -0.0874. The van der Waals surface area contributed by atoms with Crippen LogP contribution in [0.1, 0.15) is 72.9 Å². The number of hydrogen-bond donors (Lipinski definition) is 1. The number of ether oxygens (including phenoxy) is 2. The minimum absolute atomic E-state index is 0.240. The predicted octanol–water partition coefficient (Wildman–Crippen LogP) is 3.91. The van der Waals surface area contributed by atoms with Gasteiger partial charge in [0.15, 0.2) is 0 Å². The van der Waals surface area contributed by atoms with Crippen molar-refractivity contribution in [3.8, 4) is 12.1 Å². The molecule has 2 aromatic rings. The number of nitrogens with two attached hydrogens (primary N) is 1. The highest BCUT2D eigenvalue weighted by atomic mass is 19.1. The van der Waals surface area contributed by atoms with Crippen molar-refractivity contribution < 1.29 is 18.3 Å². The van der Waals surface area contributed by atoms with Crippen LogP contribution in [-0.4, -0.2) is 65.5 Å². The Balaban J connectivity index is 1.26. The van der Waals surface area contributed by atoms with Gasteiger partial charge < -0.3 is 20.1 Å². The first-order valence-corrected chi connectivity index (χ1v) is 14.1. The van der Waals surface area contributed by atoms with Gasteiger partial charge in [-0.15, -0.1) is 0 Å². The first kappa shape index (κ1) is 25.0. The summed E-state index contributed by atoms with van der Waals surface area (Å²) >= 11 is 0. The first-order valence-electron chi connectivity index (χ1n) is 14.1. The number of halogens is 2. The number of hydrogen-bond acceptors (Lipinski definition) is 8. The summed E-state index contributed by atoms with van der Waals surface area (Å²) in [5.74, 6) is 0.928. The fourth-order valence-electron chi connectivity index (χ4n) is 7.60. The second-order valence-electron chi connectivity index (χ2n) is 12.1. The van der Waals surface area contributed by atoms with E-state index in [4.69, 9.17) is 25.2 Å². The largest absolute Gasteiger partial charge is 0.461 e. The number of fused-ring (bicyclic) bond motifs is 4. The quantitative estimate of drug-likeness (QED) is 0.587. The molecule has 4 atom stereocenters. The molecule has 0 amide bonds. The monoisotopic (exact) mass is 536 g/mol. The molecule has 206 valence electrons. The van der Waals surface area contributed by atoms with Gasteiger partial charge in [-0.3, -0.25) is 4.90 Å². The van der Waals surface area contributed by atoms with Gasteiger partial charge in [-0.2, -0.15) is 15.2 Å². The average molecular weight is 537 g/mol. The van der Waals surface area contributed by atoms with E-state index in [2.05, 4.69) is 17.9 Å². The van der Waals surface area contributed by atoms with Crippen LogP contribution in [0.5, 0.6) is 6.01 Å². The zero-order chi connectivity index (χ0) is 26.9. The Hall–Kier alpha value is -3.03. The van der Waals surface area contributed by atoms with E-state index < -0.39 is 17.9 Å². The highest BCUT2D eigenvalue weighted by Crippen LogP contribution is 2.51. The Morgan fingerprint density at radius 1 is 1.21 bits per heavy atom. The Bertz CT molecular complexity index is 1360. The molecule has 7 rings (SSSR count). The van der Waals surface area contributed by atoms with Gasteiger partial charge in [0.2, 0.25) is 0 Å². The van der Waals surface area contributed by atoms with Gasteiger partial charge in [-0.25, -0.2) is 8.78 Å². The number of alkyl halides is 2. The molecule has 1 aromatic carbocycles. The Morgan fingerprint density at radius 3 is 2.85 bits per heavy atom. The maximum absolute atomic E-state index is 14.3. The Labute approximate surface area is 227 Å². The topological polar surface area (TPSA) is 101 Å². The smallest absolute Gasteiger partial charge is 0.318 e. The van der Waals surface area contributed by atoms with Crippen LogP contribution in [0, 0.1) is 11.3 Å². The lowest BCUT2D eigenvalue weighted by Gasteiger charge is -2.45. The number of rotatable bonds is 4. The van der Waals surface area contributed by atoms with Gasteiger partial charge >= 0.3 is 6.01 Å². The van der Waals surface area contributed by atoms with E-state index in [1.165, 1.54) is 0 Å². The molecular formula is C29H34F2N6O2. The molecule has 0 bridgehead atoms. The zero-order valence-corrected chi connectivity index (χ0v) is 22.3. The van der Waals surface area contributed by atoms with Crippen LogP contribution in [-0.2, 0) is 23.4 Å². The molecule has 39 heavy (non-hydrogen) atoms. The van der Waals surface area contributed by atoms with Crippen LogP contribution in [0.4, 0.5) is 20.3 Å². The normalized spacial score (nSPS) is 31.9. The van der Waals surface area contributed by atoms with Crippen LogP contribution in [0.2, 0.25) is 0 Å². The number of benzene rings is 1. The van der Waals surface area contributed by atoms with Crippen LogP contribution in [0.3, 0.4) is 0 Å². The van der Waals surface area contributed by atoms with Crippen molar-refractivity contribution in [2.45, 2.75) is 81.5 Å². The van der Waals surface area contributed by atoms with Crippen molar-refractivity contribution in [3.63, 3.8) is 0 Å². The molecule has 8 nitrogen and oxygen atoms in total. The molecule has 4 unspecified atom stereocenters. The maximum Gasteiger partial charge on any atom is 0.318 e. The summed E-state index contributed by atoms with van der Waals surface area (Å²) in [4.78, 5) is 13.7. The third kappa shape index (κ3) is 3.88. The minimum atomic E-state index is -0.894. The van der Waals surface area contributed by atoms with E-state index in [0.29, 0.717) is 43.1 Å². The van der Waals surface area contributed by atoms with Crippen LogP contribution in [0.25, 0.3) is 0 Å². The number of nitriles is 1. The molecule has 5 heterocycles. The standard InChI is InChI=1S/C29H34F2N6O2/c1-17-5-7-29(25-20(17)3-4-23(33)21(25)11-32)10-24-22(15-39-29)26(36-12-19(31)13-36)35-27(34-24)38-16-28-6-2-8-37(28)14-18(30)9-28/h3-4,17-19H,2,5-10,12-16,33H2,1H3. The van der Waals surface area contributed by atoms with Crippen molar-refractivity contribution in [1.29, 1.82) is 5.26 Å². The highest BCUT2D eigenvalue weighted by Gasteiger charge is 2.50. The van der Waals surface area contributed by atoms with Gasteiger partial charge in [-0.05, 0) is 49.8 Å². The van der Waals surface area contributed by atoms with Crippen LogP contribution in [0.15, 0.2) is 12.1 Å². The number of nitrogens with zero attached hydrogens (tertiary/aromatic N) is 5. The van der Waals surface area contributed by atoms with E-state index in [-0.39, 0.29) is 37.2 Å². The summed E-state index contributed by atoms with van der Waals surface area (Å²) in [6, 6.07) is 6.40.